The Balaban J connectivity index is 2.04. The molecule has 1 heterocycles. The summed E-state index contributed by atoms with van der Waals surface area (Å²) in [4.78, 5) is 28.2. The van der Waals surface area contributed by atoms with E-state index >= 15 is 0 Å². The number of carbonyl (C=O) groups is 2. The van der Waals surface area contributed by atoms with Crippen LogP contribution in [0.5, 0.6) is 0 Å². The van der Waals surface area contributed by atoms with E-state index in [0.717, 1.165) is 10.4 Å². The maximum Gasteiger partial charge on any atom is 0.337 e. The molecule has 1 aromatic carbocycles. The lowest BCUT2D eigenvalue weighted by Crippen LogP contribution is -2.13. The molecule has 1 N–H and O–H groups in total. The van der Waals surface area contributed by atoms with E-state index in [0.29, 0.717) is 22.9 Å². The van der Waals surface area contributed by atoms with Crippen molar-refractivity contribution in [1.29, 1.82) is 0 Å². The Kier molecular flexibility index (Phi) is 5.97. The molecule has 5 nitrogen and oxygen atoms in total. The Morgan fingerprint density at radius 1 is 1.41 bits per heavy atom. The summed E-state index contributed by atoms with van der Waals surface area (Å²) in [6, 6.07) is 7.29. The van der Waals surface area contributed by atoms with Gasteiger partial charge in [-0.15, -0.1) is 11.3 Å². The average molecular weight is 336 g/mol. The van der Waals surface area contributed by atoms with Gasteiger partial charge in [-0.1, -0.05) is 12.1 Å². The van der Waals surface area contributed by atoms with Crippen molar-refractivity contribution in [3.8, 4) is 0 Å². The molecule has 22 heavy (non-hydrogen) atoms. The van der Waals surface area contributed by atoms with Gasteiger partial charge in [-0.25, -0.2) is 9.78 Å². The molecule has 0 aliphatic carbocycles. The molecule has 7 heteroatoms. The standard InChI is InChI=1S/C15H16N2O3S2/c1-20-14(19)11-5-3-4-10(6-11)7-12-8-16-15(22-12)17-13(18)9-21-2/h3-6,8H,7,9H2,1-2H3,(H,16,17,18). The van der Waals surface area contributed by atoms with Gasteiger partial charge in [0.2, 0.25) is 5.91 Å². The molecule has 0 aliphatic heterocycles. The molecule has 0 aliphatic rings. The van der Waals surface area contributed by atoms with Crippen LogP contribution >= 0.6 is 23.1 Å². The lowest BCUT2D eigenvalue weighted by molar-refractivity contribution is -0.113. The number of aromatic nitrogens is 1. The van der Waals surface area contributed by atoms with Gasteiger partial charge in [-0.2, -0.15) is 11.8 Å². The van der Waals surface area contributed by atoms with Crippen molar-refractivity contribution in [2.45, 2.75) is 6.42 Å². The number of rotatable bonds is 6. The van der Waals surface area contributed by atoms with Gasteiger partial charge >= 0.3 is 5.97 Å². The molecule has 0 atom stereocenters. The quantitative estimate of drug-likeness (QED) is 0.822. The van der Waals surface area contributed by atoms with Crippen LogP contribution in [-0.2, 0) is 16.0 Å². The molecule has 0 saturated carbocycles. The van der Waals surface area contributed by atoms with Crippen molar-refractivity contribution in [1.82, 2.24) is 4.98 Å². The zero-order valence-corrected chi connectivity index (χ0v) is 13.9. The molecule has 0 radical (unpaired) electrons. The summed E-state index contributed by atoms with van der Waals surface area (Å²) in [5.74, 6) is 0.00747. The molecule has 0 spiro atoms. The smallest absolute Gasteiger partial charge is 0.337 e. The summed E-state index contributed by atoms with van der Waals surface area (Å²) in [5, 5.41) is 3.36. The monoisotopic (exact) mass is 336 g/mol. The van der Waals surface area contributed by atoms with E-state index in [2.05, 4.69) is 10.3 Å². The van der Waals surface area contributed by atoms with Crippen LogP contribution in [0.4, 0.5) is 5.13 Å². The Bertz CT molecular complexity index is 670. The van der Waals surface area contributed by atoms with Crippen molar-refractivity contribution in [3.63, 3.8) is 0 Å². The number of anilines is 1. The minimum Gasteiger partial charge on any atom is -0.465 e. The molecule has 0 unspecified atom stereocenters. The summed E-state index contributed by atoms with van der Waals surface area (Å²) in [6.07, 6.45) is 4.27. The zero-order valence-electron chi connectivity index (χ0n) is 12.3. The van der Waals surface area contributed by atoms with E-state index in [4.69, 9.17) is 4.74 Å². The van der Waals surface area contributed by atoms with E-state index in [9.17, 15) is 9.59 Å². The number of benzene rings is 1. The number of ether oxygens (including phenoxy) is 1. The summed E-state index contributed by atoms with van der Waals surface area (Å²) in [7, 11) is 1.36. The molecule has 0 saturated heterocycles. The van der Waals surface area contributed by atoms with E-state index < -0.39 is 0 Å². The van der Waals surface area contributed by atoms with Crippen LogP contribution in [-0.4, -0.2) is 36.0 Å². The Morgan fingerprint density at radius 3 is 2.95 bits per heavy atom. The van der Waals surface area contributed by atoms with Gasteiger partial charge in [0, 0.05) is 17.5 Å². The highest BCUT2D eigenvalue weighted by molar-refractivity contribution is 7.99. The van der Waals surface area contributed by atoms with Gasteiger partial charge in [0.15, 0.2) is 5.13 Å². The molecular weight excluding hydrogens is 320 g/mol. The SMILES string of the molecule is COC(=O)c1cccc(Cc2cnc(NC(=O)CSC)s2)c1. The second kappa shape index (κ2) is 7.95. The normalized spacial score (nSPS) is 10.3. The van der Waals surface area contributed by atoms with Crippen molar-refractivity contribution in [2.24, 2.45) is 0 Å². The fourth-order valence-electron chi connectivity index (χ4n) is 1.86. The number of methoxy groups -OCH3 is 1. The van der Waals surface area contributed by atoms with E-state index in [-0.39, 0.29) is 11.9 Å². The van der Waals surface area contributed by atoms with Crippen LogP contribution in [0.25, 0.3) is 0 Å². The molecule has 2 rings (SSSR count). The Hall–Kier alpha value is -1.86. The summed E-state index contributed by atoms with van der Waals surface area (Å²) in [5.41, 5.74) is 1.52. The summed E-state index contributed by atoms with van der Waals surface area (Å²) in [6.45, 7) is 0. The molecule has 0 fully saturated rings. The predicted molar refractivity (Wildman–Crippen MR) is 89.7 cm³/mol. The van der Waals surface area contributed by atoms with Crippen molar-refractivity contribution >= 4 is 40.1 Å². The average Bonchev–Trinajstić information content (AvgIpc) is 2.93. The maximum absolute atomic E-state index is 11.5. The highest BCUT2D eigenvalue weighted by Crippen LogP contribution is 2.22. The molecular formula is C15H16N2O3S2. The van der Waals surface area contributed by atoms with Crippen LogP contribution in [0.15, 0.2) is 30.5 Å². The molecule has 2 aromatic rings. The maximum atomic E-state index is 11.5. The topological polar surface area (TPSA) is 68.3 Å². The number of thioether (sulfide) groups is 1. The van der Waals surface area contributed by atoms with Crippen LogP contribution in [0.2, 0.25) is 0 Å². The van der Waals surface area contributed by atoms with E-state index in [1.165, 1.54) is 30.2 Å². The van der Waals surface area contributed by atoms with Crippen molar-refractivity contribution < 1.29 is 14.3 Å². The first-order valence-corrected chi connectivity index (χ1v) is 8.74. The number of hydrogen-bond acceptors (Lipinski definition) is 6. The first kappa shape index (κ1) is 16.5. The number of nitrogens with one attached hydrogen (secondary N) is 1. The molecule has 1 aromatic heterocycles. The summed E-state index contributed by atoms with van der Waals surface area (Å²) < 4.78 is 4.71. The van der Waals surface area contributed by atoms with Gasteiger partial charge in [0.25, 0.3) is 0 Å². The minimum atomic E-state index is -0.351. The third kappa shape index (κ3) is 4.57. The number of amides is 1. The van der Waals surface area contributed by atoms with Crippen molar-refractivity contribution in [3.05, 3.63) is 46.5 Å². The number of thiazole rings is 1. The number of carbonyl (C=O) groups excluding carboxylic acids is 2. The van der Waals surface area contributed by atoms with E-state index in [1.54, 1.807) is 18.3 Å². The van der Waals surface area contributed by atoms with Crippen LogP contribution < -0.4 is 5.32 Å². The third-order valence-corrected chi connectivity index (χ3v) is 4.27. The van der Waals surface area contributed by atoms with Gasteiger partial charge in [0.05, 0.1) is 18.4 Å². The number of esters is 1. The predicted octanol–water partition coefficient (Wildman–Crippen LogP) is 2.82. The number of hydrogen-bond donors (Lipinski definition) is 1. The molecule has 1 amide bonds. The third-order valence-electron chi connectivity index (χ3n) is 2.80. The Labute approximate surface area is 137 Å². The van der Waals surface area contributed by atoms with Gasteiger partial charge in [0.1, 0.15) is 0 Å². The molecule has 0 bridgehead atoms. The number of nitrogens with zero attached hydrogens (tertiary/aromatic N) is 1. The lowest BCUT2D eigenvalue weighted by Gasteiger charge is -2.02. The largest absolute Gasteiger partial charge is 0.465 e. The Morgan fingerprint density at radius 2 is 2.23 bits per heavy atom. The summed E-state index contributed by atoms with van der Waals surface area (Å²) >= 11 is 2.90. The van der Waals surface area contributed by atoms with Gasteiger partial charge < -0.3 is 10.1 Å². The van der Waals surface area contributed by atoms with Crippen LogP contribution in [0.3, 0.4) is 0 Å². The highest BCUT2D eigenvalue weighted by atomic mass is 32.2. The zero-order chi connectivity index (χ0) is 15.9. The van der Waals surface area contributed by atoms with E-state index in [1.807, 2.05) is 18.4 Å². The molecule has 116 valence electrons. The van der Waals surface area contributed by atoms with Gasteiger partial charge in [-0.3, -0.25) is 4.79 Å². The lowest BCUT2D eigenvalue weighted by atomic mass is 10.1. The second-order valence-corrected chi connectivity index (χ2v) is 6.46. The van der Waals surface area contributed by atoms with Gasteiger partial charge in [-0.05, 0) is 24.0 Å². The fourth-order valence-corrected chi connectivity index (χ4v) is 3.06. The van der Waals surface area contributed by atoms with Crippen LogP contribution in [0, 0.1) is 0 Å². The first-order chi connectivity index (χ1) is 10.6. The van der Waals surface area contributed by atoms with Crippen LogP contribution in [0.1, 0.15) is 20.8 Å². The highest BCUT2D eigenvalue weighted by Gasteiger charge is 2.09. The minimum absolute atomic E-state index is 0.0545. The first-order valence-electron chi connectivity index (χ1n) is 6.53. The fraction of sp³-hybridized carbons (Fsp3) is 0.267. The second-order valence-electron chi connectivity index (χ2n) is 4.48. The van der Waals surface area contributed by atoms with Crippen molar-refractivity contribution in [2.75, 3.05) is 24.4 Å².